The molecule has 3 N–H and O–H groups in total. The average molecular weight is 259 g/mol. The van der Waals surface area contributed by atoms with Gasteiger partial charge in [0.15, 0.2) is 5.84 Å². The third-order valence-electron chi connectivity index (χ3n) is 4.18. The lowest BCUT2D eigenvalue weighted by molar-refractivity contribution is -0.121. The van der Waals surface area contributed by atoms with Gasteiger partial charge in [0, 0.05) is 11.7 Å². The number of oxime groups is 1. The van der Waals surface area contributed by atoms with Gasteiger partial charge >= 0.3 is 0 Å². The van der Waals surface area contributed by atoms with Crippen LogP contribution in [0.5, 0.6) is 0 Å². The predicted molar refractivity (Wildman–Crippen MR) is 72.2 cm³/mol. The van der Waals surface area contributed by atoms with Crippen LogP contribution in [-0.2, 0) is 11.2 Å². The Bertz CT molecular complexity index is 564. The van der Waals surface area contributed by atoms with E-state index in [2.05, 4.69) is 5.16 Å². The molecule has 1 saturated carbocycles. The van der Waals surface area contributed by atoms with E-state index in [1.54, 1.807) is 4.90 Å². The Balaban J connectivity index is 1.97. The Morgan fingerprint density at radius 1 is 1.47 bits per heavy atom. The van der Waals surface area contributed by atoms with Crippen LogP contribution in [0.2, 0.25) is 0 Å². The first-order valence-electron chi connectivity index (χ1n) is 6.50. The Morgan fingerprint density at radius 2 is 2.16 bits per heavy atom. The molecule has 1 aromatic rings. The molecule has 19 heavy (non-hydrogen) atoms. The fourth-order valence-electron chi connectivity index (χ4n) is 2.91. The molecule has 100 valence electrons. The zero-order valence-corrected chi connectivity index (χ0v) is 10.8. The van der Waals surface area contributed by atoms with Crippen molar-refractivity contribution in [3.05, 3.63) is 29.8 Å². The predicted octanol–water partition coefficient (Wildman–Crippen LogP) is 1.49. The molecule has 0 radical (unpaired) electrons. The van der Waals surface area contributed by atoms with Crippen molar-refractivity contribution in [2.75, 3.05) is 4.90 Å². The van der Waals surface area contributed by atoms with Crippen molar-refractivity contribution in [3.8, 4) is 0 Å². The van der Waals surface area contributed by atoms with Gasteiger partial charge in [0.25, 0.3) is 0 Å². The van der Waals surface area contributed by atoms with Crippen LogP contribution in [-0.4, -0.2) is 23.0 Å². The van der Waals surface area contributed by atoms with Gasteiger partial charge in [0.2, 0.25) is 5.91 Å². The van der Waals surface area contributed by atoms with Gasteiger partial charge in [-0.25, -0.2) is 0 Å². The summed E-state index contributed by atoms with van der Waals surface area (Å²) < 4.78 is 0. The summed E-state index contributed by atoms with van der Waals surface area (Å²) in [6, 6.07) is 8.03. The van der Waals surface area contributed by atoms with E-state index in [1.165, 1.54) is 5.56 Å². The molecule has 1 unspecified atom stereocenters. The maximum atomic E-state index is 12.8. The Hall–Kier alpha value is -2.04. The fraction of sp³-hybridized carbons (Fsp3) is 0.429. The van der Waals surface area contributed by atoms with E-state index in [0.717, 1.165) is 12.1 Å². The molecule has 1 atom stereocenters. The fourth-order valence-corrected chi connectivity index (χ4v) is 2.91. The van der Waals surface area contributed by atoms with E-state index in [9.17, 15) is 4.79 Å². The second-order valence-corrected chi connectivity index (χ2v) is 5.42. The second kappa shape index (κ2) is 3.98. The van der Waals surface area contributed by atoms with E-state index in [-0.39, 0.29) is 17.8 Å². The van der Waals surface area contributed by atoms with Crippen LogP contribution in [0.25, 0.3) is 0 Å². The third-order valence-corrected chi connectivity index (χ3v) is 4.18. The number of para-hydroxylation sites is 1. The molecule has 0 aromatic heterocycles. The Kier molecular flexibility index (Phi) is 2.52. The summed E-state index contributed by atoms with van der Waals surface area (Å²) in [6.45, 7) is 2.03. The van der Waals surface area contributed by atoms with Crippen LogP contribution in [0.3, 0.4) is 0 Å². The minimum Gasteiger partial charge on any atom is -0.409 e. The lowest BCUT2D eigenvalue weighted by atomic mass is 10.0. The highest BCUT2D eigenvalue weighted by molar-refractivity contribution is 6.16. The standard InChI is InChI=1S/C14H17N3O2/c1-9-8-10-4-2-3-5-11(10)17(9)13(18)14(6-7-14)12(15)16-19/h2-5,9,19H,6-8H2,1H3,(H2,15,16). The van der Waals surface area contributed by atoms with E-state index >= 15 is 0 Å². The second-order valence-electron chi connectivity index (χ2n) is 5.42. The number of amidine groups is 1. The maximum Gasteiger partial charge on any atom is 0.241 e. The van der Waals surface area contributed by atoms with Crippen molar-refractivity contribution in [2.45, 2.75) is 32.2 Å². The highest BCUT2D eigenvalue weighted by Crippen LogP contribution is 2.49. The highest BCUT2D eigenvalue weighted by Gasteiger charge is 2.57. The first-order valence-corrected chi connectivity index (χ1v) is 6.50. The van der Waals surface area contributed by atoms with Gasteiger partial charge in [-0.1, -0.05) is 23.4 Å². The van der Waals surface area contributed by atoms with Crippen LogP contribution < -0.4 is 10.6 Å². The molecule has 1 amide bonds. The summed E-state index contributed by atoms with van der Waals surface area (Å²) in [7, 11) is 0. The van der Waals surface area contributed by atoms with Gasteiger partial charge in [-0.05, 0) is 37.8 Å². The number of rotatable bonds is 2. The van der Waals surface area contributed by atoms with Crippen molar-refractivity contribution >= 4 is 17.4 Å². The number of benzene rings is 1. The highest BCUT2D eigenvalue weighted by atomic mass is 16.4. The van der Waals surface area contributed by atoms with Crippen LogP contribution >= 0.6 is 0 Å². The Morgan fingerprint density at radius 3 is 2.79 bits per heavy atom. The molecule has 1 aromatic carbocycles. The molecule has 0 saturated heterocycles. The van der Waals surface area contributed by atoms with Crippen LogP contribution in [0, 0.1) is 5.41 Å². The number of hydrogen-bond donors (Lipinski definition) is 2. The topological polar surface area (TPSA) is 78.9 Å². The number of amides is 1. The van der Waals surface area contributed by atoms with E-state index in [0.29, 0.717) is 12.8 Å². The summed E-state index contributed by atoms with van der Waals surface area (Å²) in [6.07, 6.45) is 2.17. The van der Waals surface area contributed by atoms with Gasteiger partial charge in [-0.15, -0.1) is 0 Å². The van der Waals surface area contributed by atoms with Gasteiger partial charge < -0.3 is 15.8 Å². The van der Waals surface area contributed by atoms with Gasteiger partial charge in [-0.3, -0.25) is 4.79 Å². The summed E-state index contributed by atoms with van der Waals surface area (Å²) in [5, 5.41) is 11.9. The van der Waals surface area contributed by atoms with E-state index in [4.69, 9.17) is 10.9 Å². The molecule has 0 bridgehead atoms. The summed E-state index contributed by atoms with van der Waals surface area (Å²) in [5.41, 5.74) is 7.06. The molecule has 3 rings (SSSR count). The van der Waals surface area contributed by atoms with Gasteiger partial charge in [0.05, 0.1) is 0 Å². The monoisotopic (exact) mass is 259 g/mol. The molecule has 1 aliphatic carbocycles. The van der Waals surface area contributed by atoms with Crippen molar-refractivity contribution < 1.29 is 10.0 Å². The molecule has 5 heteroatoms. The van der Waals surface area contributed by atoms with Crippen molar-refractivity contribution in [1.29, 1.82) is 0 Å². The molecule has 1 aliphatic heterocycles. The smallest absolute Gasteiger partial charge is 0.241 e. The van der Waals surface area contributed by atoms with E-state index in [1.807, 2.05) is 31.2 Å². The minimum absolute atomic E-state index is 0.0362. The minimum atomic E-state index is -0.777. The number of nitrogens with two attached hydrogens (primary N) is 1. The zero-order valence-electron chi connectivity index (χ0n) is 10.8. The lowest BCUT2D eigenvalue weighted by Crippen LogP contribution is -2.46. The van der Waals surface area contributed by atoms with E-state index < -0.39 is 5.41 Å². The first kappa shape index (κ1) is 12.0. The third kappa shape index (κ3) is 1.61. The quantitative estimate of drug-likeness (QED) is 0.365. The Labute approximate surface area is 111 Å². The van der Waals surface area contributed by atoms with Crippen LogP contribution in [0.15, 0.2) is 29.4 Å². The SMILES string of the molecule is CC1Cc2ccccc2N1C(=O)C1(/C(N)=N/O)CC1. The number of fused-ring (bicyclic) bond motifs is 1. The van der Waals surface area contributed by atoms with Crippen molar-refractivity contribution in [3.63, 3.8) is 0 Å². The molecule has 1 heterocycles. The molecule has 2 aliphatic rings. The number of carbonyl (C=O) groups excluding carboxylic acids is 1. The average Bonchev–Trinajstić information content (AvgIpc) is 3.15. The zero-order chi connectivity index (χ0) is 13.6. The number of hydrogen-bond acceptors (Lipinski definition) is 3. The number of carbonyl (C=O) groups is 1. The van der Waals surface area contributed by atoms with Crippen molar-refractivity contribution in [1.82, 2.24) is 0 Å². The summed E-state index contributed by atoms with van der Waals surface area (Å²) >= 11 is 0. The van der Waals surface area contributed by atoms with Gasteiger partial charge in [-0.2, -0.15) is 0 Å². The van der Waals surface area contributed by atoms with Crippen LogP contribution in [0.1, 0.15) is 25.3 Å². The lowest BCUT2D eigenvalue weighted by Gasteiger charge is -2.27. The normalized spacial score (nSPS) is 24.2. The molecular weight excluding hydrogens is 242 g/mol. The van der Waals surface area contributed by atoms with Gasteiger partial charge in [0.1, 0.15) is 5.41 Å². The van der Waals surface area contributed by atoms with Crippen LogP contribution in [0.4, 0.5) is 5.69 Å². The first-order chi connectivity index (χ1) is 9.10. The maximum absolute atomic E-state index is 12.8. The molecule has 0 spiro atoms. The largest absolute Gasteiger partial charge is 0.409 e. The summed E-state index contributed by atoms with van der Waals surface area (Å²) in [5.74, 6) is -0.00525. The molecule has 5 nitrogen and oxygen atoms in total. The molecule has 1 fully saturated rings. The molecular formula is C14H17N3O2. The summed E-state index contributed by atoms with van der Waals surface area (Å²) in [4.78, 5) is 14.6. The number of nitrogens with zero attached hydrogens (tertiary/aromatic N) is 2. The van der Waals surface area contributed by atoms with Crippen molar-refractivity contribution in [2.24, 2.45) is 16.3 Å². The number of anilines is 1.